The average molecular weight is 391 g/mol. The first kappa shape index (κ1) is 18.9. The molecule has 10 heteroatoms. The number of rotatable bonds is 5. The van der Waals surface area contributed by atoms with Crippen LogP contribution in [-0.4, -0.2) is 62.7 Å². The Morgan fingerprint density at radius 3 is 2.22 bits per heavy atom. The van der Waals surface area contributed by atoms with Crippen LogP contribution in [0.25, 0.3) is 0 Å². The molecule has 9 nitrogen and oxygen atoms in total. The van der Waals surface area contributed by atoms with Crippen molar-refractivity contribution in [3.05, 3.63) is 36.4 Å². The minimum atomic E-state index is -3.76. The second-order valence-corrected chi connectivity index (χ2v) is 7.73. The van der Waals surface area contributed by atoms with Gasteiger partial charge in [0.15, 0.2) is 11.6 Å². The van der Waals surface area contributed by atoms with Crippen molar-refractivity contribution in [2.75, 3.05) is 42.9 Å². The third kappa shape index (κ3) is 4.45. The van der Waals surface area contributed by atoms with Gasteiger partial charge in [-0.1, -0.05) is 0 Å². The molecule has 0 atom stereocenters. The third-order valence-corrected chi connectivity index (χ3v) is 5.68. The molecule has 0 spiro atoms. The van der Waals surface area contributed by atoms with Gasteiger partial charge in [0.25, 0.3) is 10.0 Å². The summed E-state index contributed by atoms with van der Waals surface area (Å²) in [5.41, 5.74) is 0. The van der Waals surface area contributed by atoms with E-state index >= 15 is 0 Å². The Balaban J connectivity index is 1.66. The SMILES string of the molecule is COc1ccc(S(=O)(=O)Nc2ccc(N3CCN(C(C)=O)CC3)nn2)cc1. The van der Waals surface area contributed by atoms with Crippen molar-refractivity contribution in [1.82, 2.24) is 15.1 Å². The summed E-state index contributed by atoms with van der Waals surface area (Å²) in [4.78, 5) is 15.3. The fourth-order valence-corrected chi connectivity index (χ4v) is 3.75. The molecule has 2 heterocycles. The molecule has 144 valence electrons. The maximum Gasteiger partial charge on any atom is 0.263 e. The normalized spacial score (nSPS) is 14.7. The molecule has 1 saturated heterocycles. The van der Waals surface area contributed by atoms with Gasteiger partial charge in [0.05, 0.1) is 12.0 Å². The summed E-state index contributed by atoms with van der Waals surface area (Å²) in [5.74, 6) is 1.41. The first-order valence-corrected chi connectivity index (χ1v) is 9.88. The van der Waals surface area contributed by atoms with Gasteiger partial charge < -0.3 is 14.5 Å². The Morgan fingerprint density at radius 1 is 1.04 bits per heavy atom. The number of nitrogens with zero attached hydrogens (tertiary/aromatic N) is 4. The van der Waals surface area contributed by atoms with E-state index in [2.05, 4.69) is 14.9 Å². The molecule has 27 heavy (non-hydrogen) atoms. The van der Waals surface area contributed by atoms with Gasteiger partial charge in [0.2, 0.25) is 5.91 Å². The molecule has 0 radical (unpaired) electrons. The monoisotopic (exact) mass is 391 g/mol. The lowest BCUT2D eigenvalue weighted by Gasteiger charge is -2.34. The maximum absolute atomic E-state index is 12.4. The molecule has 1 fully saturated rings. The van der Waals surface area contributed by atoms with Crippen LogP contribution in [-0.2, 0) is 14.8 Å². The molecule has 2 aromatic rings. The van der Waals surface area contributed by atoms with Crippen molar-refractivity contribution in [3.8, 4) is 5.75 Å². The van der Waals surface area contributed by atoms with Crippen molar-refractivity contribution >= 4 is 27.6 Å². The van der Waals surface area contributed by atoms with Crippen LogP contribution in [0.1, 0.15) is 6.92 Å². The second-order valence-electron chi connectivity index (χ2n) is 6.05. The average Bonchev–Trinajstić information content (AvgIpc) is 2.68. The number of aromatic nitrogens is 2. The zero-order valence-corrected chi connectivity index (χ0v) is 15.9. The number of benzene rings is 1. The Bertz CT molecular complexity index is 892. The van der Waals surface area contributed by atoms with Gasteiger partial charge in [-0.15, -0.1) is 10.2 Å². The van der Waals surface area contributed by atoms with E-state index in [0.29, 0.717) is 37.7 Å². The highest BCUT2D eigenvalue weighted by atomic mass is 32.2. The number of amides is 1. The Hall–Kier alpha value is -2.88. The van der Waals surface area contributed by atoms with Crippen molar-refractivity contribution in [1.29, 1.82) is 0 Å². The molecule has 1 aromatic heterocycles. The van der Waals surface area contributed by atoms with Gasteiger partial charge in [0, 0.05) is 33.1 Å². The molecule has 0 aliphatic carbocycles. The minimum Gasteiger partial charge on any atom is -0.497 e. The molecule has 1 amide bonds. The van der Waals surface area contributed by atoms with E-state index in [9.17, 15) is 13.2 Å². The second kappa shape index (κ2) is 7.78. The number of methoxy groups -OCH3 is 1. The van der Waals surface area contributed by atoms with E-state index < -0.39 is 10.0 Å². The molecule has 0 saturated carbocycles. The van der Waals surface area contributed by atoms with Gasteiger partial charge in [-0.3, -0.25) is 9.52 Å². The molecule has 3 rings (SSSR count). The van der Waals surface area contributed by atoms with Gasteiger partial charge >= 0.3 is 0 Å². The highest BCUT2D eigenvalue weighted by Gasteiger charge is 2.20. The molecular formula is C17H21N5O4S. The van der Waals surface area contributed by atoms with Crippen LogP contribution in [0.2, 0.25) is 0 Å². The van der Waals surface area contributed by atoms with E-state index in [4.69, 9.17) is 4.74 Å². The minimum absolute atomic E-state index is 0.0593. The smallest absolute Gasteiger partial charge is 0.263 e. The van der Waals surface area contributed by atoms with Crippen molar-refractivity contribution < 1.29 is 17.9 Å². The summed E-state index contributed by atoms with van der Waals surface area (Å²) in [6, 6.07) is 9.34. The van der Waals surface area contributed by atoms with E-state index in [0.717, 1.165) is 0 Å². The number of nitrogens with one attached hydrogen (secondary N) is 1. The predicted octanol–water partition coefficient (Wildman–Crippen LogP) is 0.954. The predicted molar refractivity (Wildman–Crippen MR) is 100 cm³/mol. The number of hydrogen-bond donors (Lipinski definition) is 1. The number of sulfonamides is 1. The van der Waals surface area contributed by atoms with E-state index in [1.807, 2.05) is 4.90 Å². The van der Waals surface area contributed by atoms with E-state index in [1.165, 1.54) is 19.2 Å². The van der Waals surface area contributed by atoms with Crippen LogP contribution in [0, 0.1) is 0 Å². The van der Waals surface area contributed by atoms with Crippen LogP contribution >= 0.6 is 0 Å². The molecule has 0 unspecified atom stereocenters. The maximum atomic E-state index is 12.4. The molecule has 1 N–H and O–H groups in total. The molecular weight excluding hydrogens is 370 g/mol. The van der Waals surface area contributed by atoms with Crippen molar-refractivity contribution in [2.45, 2.75) is 11.8 Å². The lowest BCUT2D eigenvalue weighted by atomic mass is 10.3. The summed E-state index contributed by atoms with van der Waals surface area (Å²) >= 11 is 0. The summed E-state index contributed by atoms with van der Waals surface area (Å²) in [5, 5.41) is 8.07. The van der Waals surface area contributed by atoms with Gasteiger partial charge in [-0.2, -0.15) is 0 Å². The van der Waals surface area contributed by atoms with Crippen LogP contribution in [0.5, 0.6) is 5.75 Å². The first-order valence-electron chi connectivity index (χ1n) is 8.40. The number of carbonyl (C=O) groups is 1. The number of carbonyl (C=O) groups excluding carboxylic acids is 1. The van der Waals surface area contributed by atoms with E-state index in [-0.39, 0.29) is 16.6 Å². The number of ether oxygens (including phenoxy) is 1. The highest BCUT2D eigenvalue weighted by Crippen LogP contribution is 2.19. The first-order chi connectivity index (χ1) is 12.9. The lowest BCUT2D eigenvalue weighted by molar-refractivity contribution is -0.129. The standard InChI is InChI=1S/C17H21N5O4S/c1-13(23)21-9-11-22(12-10-21)17-8-7-16(18-19-17)20-27(24,25)15-5-3-14(26-2)4-6-15/h3-8H,9-12H2,1-2H3,(H,18,20). The topological polar surface area (TPSA) is 105 Å². The molecule has 1 aliphatic rings. The fraction of sp³-hybridized carbons (Fsp3) is 0.353. The number of hydrogen-bond acceptors (Lipinski definition) is 7. The van der Waals surface area contributed by atoms with Crippen molar-refractivity contribution in [2.24, 2.45) is 0 Å². The fourth-order valence-electron chi connectivity index (χ4n) is 2.75. The lowest BCUT2D eigenvalue weighted by Crippen LogP contribution is -2.48. The van der Waals surface area contributed by atoms with Crippen LogP contribution in [0.4, 0.5) is 11.6 Å². The van der Waals surface area contributed by atoms with Gasteiger partial charge in [-0.05, 0) is 36.4 Å². The Kier molecular flexibility index (Phi) is 5.45. The number of anilines is 2. The third-order valence-electron chi connectivity index (χ3n) is 4.31. The summed E-state index contributed by atoms with van der Waals surface area (Å²) < 4.78 is 32.3. The quantitative estimate of drug-likeness (QED) is 0.809. The molecule has 1 aromatic carbocycles. The number of piperazine rings is 1. The summed E-state index contributed by atoms with van der Waals surface area (Å²) in [6.45, 7) is 4.13. The Labute approximate surface area is 158 Å². The summed E-state index contributed by atoms with van der Waals surface area (Å²) in [7, 11) is -2.25. The van der Waals surface area contributed by atoms with Crippen molar-refractivity contribution in [3.63, 3.8) is 0 Å². The van der Waals surface area contributed by atoms with Crippen LogP contribution in [0.15, 0.2) is 41.3 Å². The van der Waals surface area contributed by atoms with Gasteiger partial charge in [-0.25, -0.2) is 8.42 Å². The summed E-state index contributed by atoms with van der Waals surface area (Å²) in [6.07, 6.45) is 0. The molecule has 0 bridgehead atoms. The van der Waals surface area contributed by atoms with Gasteiger partial charge in [0.1, 0.15) is 5.75 Å². The zero-order chi connectivity index (χ0) is 19.4. The highest BCUT2D eigenvalue weighted by molar-refractivity contribution is 7.92. The largest absolute Gasteiger partial charge is 0.497 e. The van der Waals surface area contributed by atoms with Crippen LogP contribution < -0.4 is 14.4 Å². The van der Waals surface area contributed by atoms with Crippen LogP contribution in [0.3, 0.4) is 0 Å². The molecule has 1 aliphatic heterocycles. The Morgan fingerprint density at radius 2 is 1.70 bits per heavy atom. The van der Waals surface area contributed by atoms with E-state index in [1.54, 1.807) is 36.1 Å². The zero-order valence-electron chi connectivity index (χ0n) is 15.1.